The summed E-state index contributed by atoms with van der Waals surface area (Å²) < 4.78 is 4.88. The van der Waals surface area contributed by atoms with E-state index in [1.165, 1.54) is 0 Å². The number of aryl methyl sites for hydroxylation is 1. The Morgan fingerprint density at radius 1 is 1.20 bits per heavy atom. The minimum atomic E-state index is -0.381. The summed E-state index contributed by atoms with van der Waals surface area (Å²) in [5, 5.41) is 12.9. The molecule has 7 heteroatoms. The van der Waals surface area contributed by atoms with Gasteiger partial charge in [-0.15, -0.1) is 5.11 Å². The lowest BCUT2D eigenvalue weighted by Gasteiger charge is -2.00. The molecule has 7 nitrogen and oxygen atoms in total. The number of carbonyl (C=O) groups is 1. The Morgan fingerprint density at radius 2 is 1.90 bits per heavy atom. The first kappa shape index (κ1) is 13.7. The Hall–Kier alpha value is -2.70. The number of nitrogens with one attached hydrogen (secondary N) is 2. The molecule has 0 fully saturated rings. The SMILES string of the molecule is CCOC(=O)c1ccc(N=Nc2c(C)[nH][nH]c2=O)cc1. The molecule has 0 bridgehead atoms. The molecule has 2 rings (SSSR count). The average Bonchev–Trinajstić information content (AvgIpc) is 2.77. The Kier molecular flexibility index (Phi) is 4.09. The van der Waals surface area contributed by atoms with Crippen LogP contribution in [0.3, 0.4) is 0 Å². The molecule has 0 unspecified atom stereocenters. The van der Waals surface area contributed by atoms with Crippen LogP contribution in [0.4, 0.5) is 11.4 Å². The van der Waals surface area contributed by atoms with Crippen LogP contribution in [-0.4, -0.2) is 22.8 Å². The van der Waals surface area contributed by atoms with Gasteiger partial charge in [-0.05, 0) is 38.1 Å². The number of rotatable bonds is 4. The third kappa shape index (κ3) is 3.00. The van der Waals surface area contributed by atoms with Crippen LogP contribution < -0.4 is 5.56 Å². The molecular formula is C13H14N4O3. The van der Waals surface area contributed by atoms with Crippen molar-refractivity contribution in [2.24, 2.45) is 10.2 Å². The zero-order chi connectivity index (χ0) is 14.5. The first-order chi connectivity index (χ1) is 9.61. The Balaban J connectivity index is 2.15. The summed E-state index contributed by atoms with van der Waals surface area (Å²) in [6.45, 7) is 3.79. The minimum Gasteiger partial charge on any atom is -0.462 e. The smallest absolute Gasteiger partial charge is 0.338 e. The summed E-state index contributed by atoms with van der Waals surface area (Å²) in [5.74, 6) is -0.381. The Bertz CT molecular complexity index is 682. The number of carbonyl (C=O) groups excluding carboxylic acids is 1. The summed E-state index contributed by atoms with van der Waals surface area (Å²) in [6, 6.07) is 6.46. The van der Waals surface area contributed by atoms with Crippen LogP contribution in [-0.2, 0) is 4.74 Å². The molecule has 0 atom stereocenters. The number of nitrogens with zero attached hydrogens (tertiary/aromatic N) is 2. The first-order valence-electron chi connectivity index (χ1n) is 6.08. The van der Waals surface area contributed by atoms with E-state index in [2.05, 4.69) is 20.4 Å². The van der Waals surface area contributed by atoms with Gasteiger partial charge < -0.3 is 9.84 Å². The van der Waals surface area contributed by atoms with Gasteiger partial charge in [0.05, 0.1) is 23.6 Å². The van der Waals surface area contributed by atoms with Crippen LogP contribution in [0.15, 0.2) is 39.3 Å². The van der Waals surface area contributed by atoms with Crippen molar-refractivity contribution < 1.29 is 9.53 Å². The number of ether oxygens (including phenoxy) is 1. The third-order valence-corrected chi connectivity index (χ3v) is 2.58. The number of esters is 1. The van der Waals surface area contributed by atoms with Gasteiger partial charge in [0.25, 0.3) is 5.56 Å². The second kappa shape index (κ2) is 5.96. The number of hydrogen-bond donors (Lipinski definition) is 2. The highest BCUT2D eigenvalue weighted by molar-refractivity contribution is 5.89. The van der Waals surface area contributed by atoms with Gasteiger partial charge in [-0.1, -0.05) is 0 Å². The van der Waals surface area contributed by atoms with Gasteiger partial charge in [-0.25, -0.2) is 4.79 Å². The number of H-pyrrole nitrogens is 2. The summed E-state index contributed by atoms with van der Waals surface area (Å²) in [6.07, 6.45) is 0. The molecule has 2 N–H and O–H groups in total. The van der Waals surface area contributed by atoms with Gasteiger partial charge in [-0.3, -0.25) is 9.89 Å². The average molecular weight is 274 g/mol. The highest BCUT2D eigenvalue weighted by Crippen LogP contribution is 2.18. The third-order valence-electron chi connectivity index (χ3n) is 2.58. The Labute approximate surface area is 114 Å². The van der Waals surface area contributed by atoms with Crippen molar-refractivity contribution in [2.45, 2.75) is 13.8 Å². The van der Waals surface area contributed by atoms with Crippen molar-refractivity contribution in [3.05, 3.63) is 45.9 Å². The molecule has 0 aliphatic rings. The second-order valence-electron chi connectivity index (χ2n) is 4.02. The summed E-state index contributed by atoms with van der Waals surface area (Å²) >= 11 is 0. The lowest BCUT2D eigenvalue weighted by atomic mass is 10.2. The predicted octanol–water partition coefficient (Wildman–Crippen LogP) is 2.60. The molecule has 0 amide bonds. The normalized spacial score (nSPS) is 10.9. The van der Waals surface area contributed by atoms with Crippen molar-refractivity contribution >= 4 is 17.3 Å². The summed E-state index contributed by atoms with van der Waals surface area (Å²) in [5.41, 5.74) is 1.51. The summed E-state index contributed by atoms with van der Waals surface area (Å²) in [7, 11) is 0. The van der Waals surface area contributed by atoms with Crippen LogP contribution >= 0.6 is 0 Å². The monoisotopic (exact) mass is 274 g/mol. The van der Waals surface area contributed by atoms with Gasteiger partial charge in [0.15, 0.2) is 5.69 Å². The van der Waals surface area contributed by atoms with Gasteiger partial charge in [0.1, 0.15) is 0 Å². The van der Waals surface area contributed by atoms with Crippen molar-refractivity contribution in [1.29, 1.82) is 0 Å². The lowest BCUT2D eigenvalue weighted by molar-refractivity contribution is 0.0526. The van der Waals surface area contributed by atoms with Crippen LogP contribution in [0.5, 0.6) is 0 Å². The molecule has 1 aromatic heterocycles. The van der Waals surface area contributed by atoms with Crippen molar-refractivity contribution in [3.8, 4) is 0 Å². The molecule has 0 saturated carbocycles. The molecule has 0 radical (unpaired) electrons. The summed E-state index contributed by atoms with van der Waals surface area (Å²) in [4.78, 5) is 22.8. The number of aromatic amines is 2. The van der Waals surface area contributed by atoms with Gasteiger partial charge >= 0.3 is 5.97 Å². The highest BCUT2D eigenvalue weighted by Gasteiger charge is 2.06. The number of azo groups is 1. The first-order valence-corrected chi connectivity index (χ1v) is 6.08. The molecule has 0 spiro atoms. The maximum absolute atomic E-state index is 11.5. The predicted molar refractivity (Wildman–Crippen MR) is 72.7 cm³/mol. The van der Waals surface area contributed by atoms with Gasteiger partial charge in [0.2, 0.25) is 0 Å². The zero-order valence-corrected chi connectivity index (χ0v) is 11.1. The van der Waals surface area contributed by atoms with Crippen molar-refractivity contribution in [2.75, 3.05) is 6.61 Å². The molecule has 0 aliphatic heterocycles. The van der Waals surface area contributed by atoms with Crippen LogP contribution in [0, 0.1) is 6.92 Å². The van der Waals surface area contributed by atoms with E-state index in [4.69, 9.17) is 4.74 Å². The van der Waals surface area contributed by atoms with Crippen LogP contribution in [0.1, 0.15) is 23.0 Å². The van der Waals surface area contributed by atoms with E-state index in [1.54, 1.807) is 38.1 Å². The fourth-order valence-corrected chi connectivity index (χ4v) is 1.55. The standard InChI is InChI=1S/C13H14N4O3/c1-3-20-13(19)9-4-6-10(7-5-9)15-16-11-8(2)14-17-12(11)18/h4-7H,3H2,1-2H3,(H2,14,17,18). The molecule has 0 saturated heterocycles. The molecule has 1 heterocycles. The molecule has 104 valence electrons. The van der Waals surface area contributed by atoms with E-state index in [1.807, 2.05) is 0 Å². The molecule has 2 aromatic rings. The second-order valence-corrected chi connectivity index (χ2v) is 4.02. The number of benzene rings is 1. The number of aromatic nitrogens is 2. The fourth-order valence-electron chi connectivity index (χ4n) is 1.55. The van der Waals surface area contributed by atoms with E-state index in [0.29, 0.717) is 23.6 Å². The van der Waals surface area contributed by atoms with Gasteiger partial charge in [-0.2, -0.15) is 5.11 Å². The maximum atomic E-state index is 11.5. The quantitative estimate of drug-likeness (QED) is 0.662. The molecule has 1 aromatic carbocycles. The zero-order valence-electron chi connectivity index (χ0n) is 11.1. The minimum absolute atomic E-state index is 0.236. The maximum Gasteiger partial charge on any atom is 0.338 e. The topological polar surface area (TPSA) is 99.7 Å². The van der Waals surface area contributed by atoms with Crippen LogP contribution in [0.25, 0.3) is 0 Å². The van der Waals surface area contributed by atoms with E-state index in [0.717, 1.165) is 0 Å². The van der Waals surface area contributed by atoms with Gasteiger partial charge in [0, 0.05) is 0 Å². The number of hydrogen-bond acceptors (Lipinski definition) is 5. The fraction of sp³-hybridized carbons (Fsp3) is 0.231. The van der Waals surface area contributed by atoms with E-state index in [-0.39, 0.29) is 17.2 Å². The van der Waals surface area contributed by atoms with Crippen molar-refractivity contribution in [3.63, 3.8) is 0 Å². The van der Waals surface area contributed by atoms with E-state index < -0.39 is 0 Å². The molecular weight excluding hydrogens is 260 g/mol. The Morgan fingerprint density at radius 3 is 2.45 bits per heavy atom. The molecule has 20 heavy (non-hydrogen) atoms. The molecule has 0 aliphatic carbocycles. The van der Waals surface area contributed by atoms with Crippen molar-refractivity contribution in [1.82, 2.24) is 10.2 Å². The lowest BCUT2D eigenvalue weighted by Crippen LogP contribution is -2.03. The van der Waals surface area contributed by atoms with Crippen LogP contribution in [0.2, 0.25) is 0 Å². The van der Waals surface area contributed by atoms with E-state index >= 15 is 0 Å². The largest absolute Gasteiger partial charge is 0.462 e. The van der Waals surface area contributed by atoms with E-state index in [9.17, 15) is 9.59 Å². The highest BCUT2D eigenvalue weighted by atomic mass is 16.5.